The van der Waals surface area contributed by atoms with Gasteiger partial charge in [-0.25, -0.2) is 9.18 Å². The van der Waals surface area contributed by atoms with Gasteiger partial charge in [0, 0.05) is 5.69 Å². The zero-order valence-corrected chi connectivity index (χ0v) is 7.43. The van der Waals surface area contributed by atoms with E-state index in [1.807, 2.05) is 0 Å². The van der Waals surface area contributed by atoms with Crippen molar-refractivity contribution in [1.29, 1.82) is 0 Å². The molecule has 0 amide bonds. The molecule has 4 heteroatoms. The van der Waals surface area contributed by atoms with E-state index in [0.717, 1.165) is 6.07 Å². The molecule has 1 aromatic rings. The first-order valence-corrected chi connectivity index (χ1v) is 3.70. The zero-order chi connectivity index (χ0) is 10.0. The third-order valence-corrected chi connectivity index (χ3v) is 1.74. The Morgan fingerprint density at radius 3 is 2.69 bits per heavy atom. The number of ether oxygens (including phenoxy) is 1. The number of nitrogen functional groups attached to an aromatic ring is 1. The molecule has 0 aromatic heterocycles. The van der Waals surface area contributed by atoms with Gasteiger partial charge < -0.3 is 10.5 Å². The third-order valence-electron chi connectivity index (χ3n) is 1.74. The van der Waals surface area contributed by atoms with Gasteiger partial charge in [-0.15, -0.1) is 0 Å². The summed E-state index contributed by atoms with van der Waals surface area (Å²) >= 11 is 0. The van der Waals surface area contributed by atoms with Crippen LogP contribution in [0.2, 0.25) is 0 Å². The molecule has 0 saturated heterocycles. The van der Waals surface area contributed by atoms with E-state index in [1.54, 1.807) is 6.92 Å². The van der Waals surface area contributed by atoms with Crippen molar-refractivity contribution in [3.05, 3.63) is 29.1 Å². The molecule has 3 nitrogen and oxygen atoms in total. The number of hydrogen-bond acceptors (Lipinski definition) is 3. The normalized spacial score (nSPS) is 9.77. The Bertz CT molecular complexity index is 350. The highest BCUT2D eigenvalue weighted by molar-refractivity contribution is 5.95. The second kappa shape index (κ2) is 3.43. The van der Waals surface area contributed by atoms with Crippen molar-refractivity contribution in [2.75, 3.05) is 12.8 Å². The van der Waals surface area contributed by atoms with Crippen molar-refractivity contribution in [3.8, 4) is 0 Å². The van der Waals surface area contributed by atoms with Gasteiger partial charge in [-0.05, 0) is 24.6 Å². The summed E-state index contributed by atoms with van der Waals surface area (Å²) < 4.78 is 17.4. The summed E-state index contributed by atoms with van der Waals surface area (Å²) in [7, 11) is 1.22. The van der Waals surface area contributed by atoms with Crippen LogP contribution in [0, 0.1) is 12.7 Å². The number of carbonyl (C=O) groups excluding carboxylic acids is 1. The molecule has 1 rings (SSSR count). The highest BCUT2D eigenvalue weighted by Crippen LogP contribution is 2.17. The molecule has 1 aromatic carbocycles. The first kappa shape index (κ1) is 9.51. The minimum atomic E-state index is -0.628. The van der Waals surface area contributed by atoms with Crippen molar-refractivity contribution in [1.82, 2.24) is 0 Å². The Hall–Kier alpha value is -1.58. The summed E-state index contributed by atoms with van der Waals surface area (Å²) in [6, 6.07) is 2.48. The van der Waals surface area contributed by atoms with Crippen LogP contribution in [0.3, 0.4) is 0 Å². The van der Waals surface area contributed by atoms with E-state index in [9.17, 15) is 9.18 Å². The van der Waals surface area contributed by atoms with Gasteiger partial charge in [-0.3, -0.25) is 0 Å². The van der Waals surface area contributed by atoms with Gasteiger partial charge in [0.1, 0.15) is 5.82 Å². The number of anilines is 1. The van der Waals surface area contributed by atoms with Crippen LogP contribution in [0.1, 0.15) is 15.9 Å². The molecule has 0 aliphatic carbocycles. The largest absolute Gasteiger partial charge is 0.465 e. The summed E-state index contributed by atoms with van der Waals surface area (Å²) in [4.78, 5) is 11.0. The lowest BCUT2D eigenvalue weighted by atomic mass is 10.1. The first-order chi connectivity index (χ1) is 6.06. The number of hydrogen-bond donors (Lipinski definition) is 1. The van der Waals surface area contributed by atoms with Crippen molar-refractivity contribution in [2.24, 2.45) is 0 Å². The van der Waals surface area contributed by atoms with Gasteiger partial charge in [-0.1, -0.05) is 0 Å². The lowest BCUT2D eigenvalue weighted by Crippen LogP contribution is -2.06. The fourth-order valence-corrected chi connectivity index (χ4v) is 0.991. The van der Waals surface area contributed by atoms with Crippen LogP contribution >= 0.6 is 0 Å². The molecule has 0 unspecified atom stereocenters. The van der Waals surface area contributed by atoms with Crippen molar-refractivity contribution in [3.63, 3.8) is 0 Å². The lowest BCUT2D eigenvalue weighted by molar-refractivity contribution is 0.0601. The predicted octanol–water partition coefficient (Wildman–Crippen LogP) is 1.50. The van der Waals surface area contributed by atoms with E-state index in [0.29, 0.717) is 5.56 Å². The Morgan fingerprint density at radius 1 is 1.54 bits per heavy atom. The first-order valence-electron chi connectivity index (χ1n) is 3.70. The molecule has 70 valence electrons. The average molecular weight is 183 g/mol. The molecule has 0 aliphatic heterocycles. The maximum absolute atomic E-state index is 13.0. The summed E-state index contributed by atoms with van der Waals surface area (Å²) in [6.45, 7) is 1.58. The number of benzene rings is 1. The maximum atomic E-state index is 13.0. The standard InChI is InChI=1S/C9H10FNO2/c1-5-3-8(11)6(4-7(5)10)9(12)13-2/h3-4H,11H2,1-2H3. The van der Waals surface area contributed by atoms with E-state index >= 15 is 0 Å². The minimum Gasteiger partial charge on any atom is -0.465 e. The number of methoxy groups -OCH3 is 1. The van der Waals surface area contributed by atoms with Gasteiger partial charge in [0.2, 0.25) is 0 Å². The van der Waals surface area contributed by atoms with Crippen LogP contribution in [-0.4, -0.2) is 13.1 Å². The molecule has 0 fully saturated rings. The average Bonchev–Trinajstić information content (AvgIpc) is 2.10. The number of aryl methyl sites for hydroxylation is 1. The van der Waals surface area contributed by atoms with E-state index in [-0.39, 0.29) is 11.3 Å². The molecule has 0 atom stereocenters. The Balaban J connectivity index is 3.23. The topological polar surface area (TPSA) is 52.3 Å². The van der Waals surface area contributed by atoms with Crippen LogP contribution in [0.15, 0.2) is 12.1 Å². The van der Waals surface area contributed by atoms with Crippen LogP contribution in [0.25, 0.3) is 0 Å². The van der Waals surface area contributed by atoms with Crippen LogP contribution in [0.4, 0.5) is 10.1 Å². The SMILES string of the molecule is COC(=O)c1cc(F)c(C)cc1N. The monoisotopic (exact) mass is 183 g/mol. The Morgan fingerprint density at radius 2 is 2.15 bits per heavy atom. The number of carbonyl (C=O) groups is 1. The lowest BCUT2D eigenvalue weighted by Gasteiger charge is -2.05. The highest BCUT2D eigenvalue weighted by Gasteiger charge is 2.12. The Labute approximate surface area is 75.3 Å². The number of esters is 1. The van der Waals surface area contributed by atoms with E-state index < -0.39 is 11.8 Å². The summed E-state index contributed by atoms with van der Waals surface area (Å²) in [5, 5.41) is 0. The second-order valence-electron chi connectivity index (χ2n) is 2.68. The summed E-state index contributed by atoms with van der Waals surface area (Å²) in [5.41, 5.74) is 6.20. The van der Waals surface area contributed by atoms with Crippen LogP contribution in [0.5, 0.6) is 0 Å². The predicted molar refractivity (Wildman–Crippen MR) is 46.9 cm³/mol. The molecule has 0 bridgehead atoms. The van der Waals surface area contributed by atoms with Gasteiger partial charge in [0.25, 0.3) is 0 Å². The quantitative estimate of drug-likeness (QED) is 0.530. The summed E-state index contributed by atoms with van der Waals surface area (Å²) in [6.07, 6.45) is 0. The molecule has 0 spiro atoms. The molecule has 2 N–H and O–H groups in total. The molecule has 0 heterocycles. The van der Waals surface area contributed by atoms with Crippen molar-refractivity contribution < 1.29 is 13.9 Å². The molecule has 0 saturated carbocycles. The number of nitrogens with two attached hydrogens (primary N) is 1. The fraction of sp³-hybridized carbons (Fsp3) is 0.222. The van der Waals surface area contributed by atoms with Gasteiger partial charge >= 0.3 is 5.97 Å². The van der Waals surface area contributed by atoms with Crippen molar-refractivity contribution >= 4 is 11.7 Å². The van der Waals surface area contributed by atoms with E-state index in [1.165, 1.54) is 13.2 Å². The number of rotatable bonds is 1. The fourth-order valence-electron chi connectivity index (χ4n) is 0.991. The van der Waals surface area contributed by atoms with Crippen LogP contribution < -0.4 is 5.73 Å². The van der Waals surface area contributed by atoms with Crippen LogP contribution in [-0.2, 0) is 4.74 Å². The second-order valence-corrected chi connectivity index (χ2v) is 2.68. The third kappa shape index (κ3) is 1.77. The van der Waals surface area contributed by atoms with Gasteiger partial charge in [0.05, 0.1) is 12.7 Å². The van der Waals surface area contributed by atoms with Gasteiger partial charge in [0.15, 0.2) is 0 Å². The zero-order valence-electron chi connectivity index (χ0n) is 7.43. The smallest absolute Gasteiger partial charge is 0.340 e. The minimum absolute atomic E-state index is 0.0607. The summed E-state index contributed by atoms with van der Waals surface area (Å²) in [5.74, 6) is -1.09. The van der Waals surface area contributed by atoms with E-state index in [4.69, 9.17) is 5.73 Å². The molecular weight excluding hydrogens is 173 g/mol. The maximum Gasteiger partial charge on any atom is 0.340 e. The number of halogens is 1. The van der Waals surface area contributed by atoms with E-state index in [2.05, 4.69) is 4.74 Å². The molecule has 13 heavy (non-hydrogen) atoms. The molecule has 0 aliphatic rings. The van der Waals surface area contributed by atoms with Crippen molar-refractivity contribution in [2.45, 2.75) is 6.92 Å². The highest BCUT2D eigenvalue weighted by atomic mass is 19.1. The molecule has 0 radical (unpaired) electrons. The molecular formula is C9H10FNO2. The van der Waals surface area contributed by atoms with Gasteiger partial charge in [-0.2, -0.15) is 0 Å². The Kier molecular flexibility index (Phi) is 2.51.